The predicted octanol–water partition coefficient (Wildman–Crippen LogP) is 3.06. The van der Waals surface area contributed by atoms with Gasteiger partial charge in [0.05, 0.1) is 5.03 Å². The number of ketones is 1. The number of carbonyl (C=O) groups excluding carboxylic acids is 1. The Morgan fingerprint density at radius 2 is 1.82 bits per heavy atom. The summed E-state index contributed by atoms with van der Waals surface area (Å²) in [5, 5.41) is 0.735. The molecule has 0 heterocycles. The second kappa shape index (κ2) is 2.80. The van der Waals surface area contributed by atoms with Crippen molar-refractivity contribution in [3.63, 3.8) is 0 Å². The Hall–Kier alpha value is -0.0100. The monoisotopic (exact) mass is 192 g/mol. The molecule has 0 spiro atoms. The van der Waals surface area contributed by atoms with Crippen molar-refractivity contribution in [3.8, 4) is 0 Å². The van der Waals surface area contributed by atoms with Crippen LogP contribution in [0.3, 0.4) is 0 Å². The highest BCUT2D eigenvalue weighted by Crippen LogP contribution is 2.39. The smallest absolute Gasteiger partial charge is 0.175 e. The minimum absolute atomic E-state index is 0.0213. The predicted molar refractivity (Wildman–Crippen MR) is 46.8 cm³/mol. The third-order valence-corrected chi connectivity index (χ3v) is 2.61. The molecule has 1 nitrogen and oxygen atoms in total. The number of rotatable bonds is 0. The molecule has 1 aliphatic rings. The molecule has 62 valence electrons. The summed E-state index contributed by atoms with van der Waals surface area (Å²) in [6, 6.07) is 0. The van der Waals surface area contributed by atoms with E-state index in [9.17, 15) is 4.79 Å². The van der Waals surface area contributed by atoms with Crippen LogP contribution >= 0.6 is 23.2 Å². The van der Waals surface area contributed by atoms with Gasteiger partial charge in [-0.15, -0.1) is 0 Å². The van der Waals surface area contributed by atoms with Crippen LogP contribution in [0, 0.1) is 5.41 Å². The summed E-state index contributed by atoms with van der Waals surface area (Å²) in [6.07, 6.45) is 1.21. The maximum Gasteiger partial charge on any atom is 0.175 e. The van der Waals surface area contributed by atoms with E-state index >= 15 is 0 Å². The van der Waals surface area contributed by atoms with Crippen LogP contribution in [0.4, 0.5) is 0 Å². The molecule has 0 aromatic rings. The summed E-state index contributed by atoms with van der Waals surface area (Å²) >= 11 is 11.4. The molecule has 0 saturated heterocycles. The van der Waals surface area contributed by atoms with Crippen LogP contribution in [-0.4, -0.2) is 5.78 Å². The first kappa shape index (κ1) is 9.08. The van der Waals surface area contributed by atoms with E-state index in [0.717, 1.165) is 0 Å². The molecule has 0 N–H and O–H groups in total. The van der Waals surface area contributed by atoms with Crippen molar-refractivity contribution in [2.75, 3.05) is 0 Å². The van der Waals surface area contributed by atoms with Crippen molar-refractivity contribution < 1.29 is 4.79 Å². The zero-order valence-corrected chi connectivity index (χ0v) is 8.09. The number of carbonyl (C=O) groups is 1. The lowest BCUT2D eigenvalue weighted by atomic mass is 9.80. The topological polar surface area (TPSA) is 17.1 Å². The first-order chi connectivity index (χ1) is 4.92. The van der Waals surface area contributed by atoms with Gasteiger partial charge in [0.2, 0.25) is 0 Å². The van der Waals surface area contributed by atoms with Gasteiger partial charge in [0.15, 0.2) is 5.78 Å². The highest BCUT2D eigenvalue weighted by Gasteiger charge is 2.31. The average Bonchev–Trinajstić information content (AvgIpc) is 1.81. The Balaban J connectivity index is 2.94. The van der Waals surface area contributed by atoms with E-state index in [0.29, 0.717) is 17.9 Å². The van der Waals surface area contributed by atoms with E-state index in [1.807, 2.05) is 13.8 Å². The van der Waals surface area contributed by atoms with Crippen LogP contribution in [0.1, 0.15) is 26.7 Å². The highest BCUT2D eigenvalue weighted by atomic mass is 35.5. The van der Waals surface area contributed by atoms with Crippen LogP contribution in [0.5, 0.6) is 0 Å². The Morgan fingerprint density at radius 1 is 1.27 bits per heavy atom. The first-order valence-corrected chi connectivity index (χ1v) is 4.25. The molecule has 0 bridgehead atoms. The van der Waals surface area contributed by atoms with E-state index in [1.54, 1.807) is 0 Å². The molecule has 11 heavy (non-hydrogen) atoms. The first-order valence-electron chi connectivity index (χ1n) is 3.50. The molecule has 1 aliphatic carbocycles. The van der Waals surface area contributed by atoms with Gasteiger partial charge >= 0.3 is 0 Å². The molecule has 0 aromatic carbocycles. The quantitative estimate of drug-likeness (QED) is 0.577. The molecule has 0 atom stereocenters. The average molecular weight is 193 g/mol. The maximum atomic E-state index is 11.1. The molecule has 0 aliphatic heterocycles. The lowest BCUT2D eigenvalue weighted by Gasteiger charge is -2.27. The van der Waals surface area contributed by atoms with Gasteiger partial charge in [-0.1, -0.05) is 37.0 Å². The number of allylic oxidation sites excluding steroid dienone is 2. The van der Waals surface area contributed by atoms with Gasteiger partial charge in [-0.2, -0.15) is 0 Å². The van der Waals surface area contributed by atoms with Crippen molar-refractivity contribution in [1.82, 2.24) is 0 Å². The van der Waals surface area contributed by atoms with Crippen molar-refractivity contribution in [2.24, 2.45) is 5.41 Å². The van der Waals surface area contributed by atoms with Gasteiger partial charge in [-0.25, -0.2) is 0 Å². The second-order valence-electron chi connectivity index (χ2n) is 3.66. The molecule has 1 rings (SSSR count). The van der Waals surface area contributed by atoms with E-state index in [-0.39, 0.29) is 16.2 Å². The third-order valence-electron chi connectivity index (χ3n) is 1.76. The standard InChI is InChI=1S/C8H10Cl2O/c1-8(2)3-5(9)7(10)6(11)4-8/h3-4H2,1-2H3. The molecule has 0 fully saturated rings. The SMILES string of the molecule is CC1(C)CC(=O)C(Cl)=C(Cl)C1. The maximum absolute atomic E-state index is 11.1. The summed E-state index contributed by atoms with van der Waals surface area (Å²) in [6.45, 7) is 4.02. The lowest BCUT2D eigenvalue weighted by Crippen LogP contribution is -2.22. The summed E-state index contributed by atoms with van der Waals surface area (Å²) in [5.74, 6) is -0.0343. The summed E-state index contributed by atoms with van der Waals surface area (Å²) in [5.41, 5.74) is -0.0213. The molecule has 3 heteroatoms. The number of hydrogen-bond acceptors (Lipinski definition) is 1. The van der Waals surface area contributed by atoms with Crippen LogP contribution in [-0.2, 0) is 4.79 Å². The van der Waals surface area contributed by atoms with Crippen molar-refractivity contribution in [2.45, 2.75) is 26.7 Å². The van der Waals surface area contributed by atoms with Crippen molar-refractivity contribution >= 4 is 29.0 Å². The van der Waals surface area contributed by atoms with Crippen molar-refractivity contribution in [3.05, 3.63) is 10.1 Å². The van der Waals surface area contributed by atoms with Gasteiger partial charge in [-0.05, 0) is 11.8 Å². The van der Waals surface area contributed by atoms with Crippen LogP contribution in [0.15, 0.2) is 10.1 Å². The summed E-state index contributed by atoms with van der Waals surface area (Å²) in [7, 11) is 0. The third kappa shape index (κ3) is 1.97. The zero-order chi connectivity index (χ0) is 8.65. The minimum Gasteiger partial charge on any atom is -0.293 e. The molecule has 0 aromatic heterocycles. The van der Waals surface area contributed by atoms with Gasteiger partial charge < -0.3 is 0 Å². The fourth-order valence-electron chi connectivity index (χ4n) is 1.22. The number of halogens is 2. The lowest BCUT2D eigenvalue weighted by molar-refractivity contribution is -0.117. The highest BCUT2D eigenvalue weighted by molar-refractivity contribution is 6.48. The largest absolute Gasteiger partial charge is 0.293 e. The number of hydrogen-bond donors (Lipinski definition) is 0. The van der Waals surface area contributed by atoms with E-state index < -0.39 is 0 Å². The molecule has 0 amide bonds. The molecular weight excluding hydrogens is 183 g/mol. The molecule has 0 unspecified atom stereocenters. The summed E-state index contributed by atoms with van der Waals surface area (Å²) in [4.78, 5) is 11.1. The van der Waals surface area contributed by atoms with E-state index in [2.05, 4.69) is 0 Å². The molecule has 0 radical (unpaired) electrons. The minimum atomic E-state index is -0.0343. The Morgan fingerprint density at radius 3 is 2.27 bits per heavy atom. The fraction of sp³-hybridized carbons (Fsp3) is 0.625. The van der Waals surface area contributed by atoms with Gasteiger partial charge in [0.1, 0.15) is 0 Å². The van der Waals surface area contributed by atoms with Gasteiger partial charge in [0, 0.05) is 11.5 Å². The Kier molecular flexibility index (Phi) is 2.31. The van der Waals surface area contributed by atoms with E-state index in [4.69, 9.17) is 23.2 Å². The second-order valence-corrected chi connectivity index (χ2v) is 4.49. The van der Waals surface area contributed by atoms with Crippen LogP contribution in [0.2, 0.25) is 0 Å². The van der Waals surface area contributed by atoms with Gasteiger partial charge in [0.25, 0.3) is 0 Å². The van der Waals surface area contributed by atoms with Crippen LogP contribution < -0.4 is 0 Å². The zero-order valence-electron chi connectivity index (χ0n) is 6.58. The molecular formula is C8H10Cl2O. The fourth-order valence-corrected chi connectivity index (χ4v) is 1.82. The molecule has 0 saturated carbocycles. The van der Waals surface area contributed by atoms with Gasteiger partial charge in [-0.3, -0.25) is 4.79 Å². The Bertz CT molecular complexity index is 228. The Labute approximate surface area is 76.4 Å². The van der Waals surface area contributed by atoms with Crippen molar-refractivity contribution in [1.29, 1.82) is 0 Å². The number of Topliss-reactive ketones (excluding diaryl/α,β-unsaturated/α-hetero) is 1. The normalized spacial score (nSPS) is 24.2. The summed E-state index contributed by atoms with van der Waals surface area (Å²) < 4.78 is 0. The van der Waals surface area contributed by atoms with Crippen LogP contribution in [0.25, 0.3) is 0 Å². The van der Waals surface area contributed by atoms with E-state index in [1.165, 1.54) is 0 Å².